The van der Waals surface area contributed by atoms with Crippen molar-refractivity contribution in [1.29, 1.82) is 0 Å². The second-order valence-electron chi connectivity index (χ2n) is 5.12. The molecule has 1 aromatic rings. The van der Waals surface area contributed by atoms with E-state index in [0.717, 1.165) is 25.9 Å². The first kappa shape index (κ1) is 12.9. The van der Waals surface area contributed by atoms with Crippen molar-refractivity contribution in [1.82, 2.24) is 19.6 Å². The number of nitrogen functional groups attached to an aromatic ring is 1. The number of hydrogen-bond donors (Lipinski definition) is 1. The number of aromatic nitrogens is 2. The van der Waals surface area contributed by atoms with Gasteiger partial charge in [-0.05, 0) is 26.9 Å². The summed E-state index contributed by atoms with van der Waals surface area (Å²) in [6.45, 7) is 1.54. The molecule has 2 N–H and O–H groups in total. The Labute approximate surface area is 107 Å². The number of hydrogen-bond acceptors (Lipinski definition) is 4. The summed E-state index contributed by atoms with van der Waals surface area (Å²) < 4.78 is 1.58. The summed E-state index contributed by atoms with van der Waals surface area (Å²) >= 11 is 0. The largest absolute Gasteiger partial charge is 0.396 e. The van der Waals surface area contributed by atoms with Crippen molar-refractivity contribution in [3.8, 4) is 0 Å². The molecule has 6 nitrogen and oxygen atoms in total. The van der Waals surface area contributed by atoms with Gasteiger partial charge in [0.25, 0.3) is 5.91 Å². The molecule has 18 heavy (non-hydrogen) atoms. The lowest BCUT2D eigenvalue weighted by molar-refractivity contribution is 0.0629. The molecule has 2 heterocycles. The van der Waals surface area contributed by atoms with E-state index in [2.05, 4.69) is 10.00 Å². The van der Waals surface area contributed by atoms with E-state index >= 15 is 0 Å². The van der Waals surface area contributed by atoms with Gasteiger partial charge in [0.05, 0.1) is 5.69 Å². The summed E-state index contributed by atoms with van der Waals surface area (Å²) in [6, 6.07) is 0.424. The van der Waals surface area contributed by atoms with Crippen LogP contribution in [0.25, 0.3) is 0 Å². The standard InChI is InChI=1S/C12H21N5O/c1-15(2)9-5-4-6-17(7-9)12(18)11-10(13)8-16(3)14-11/h8-9H,4-7,13H2,1-3H3. The molecule has 1 aliphatic rings. The van der Waals surface area contributed by atoms with Crippen LogP contribution in [0.15, 0.2) is 6.20 Å². The summed E-state index contributed by atoms with van der Waals surface area (Å²) in [6.07, 6.45) is 3.83. The van der Waals surface area contributed by atoms with Gasteiger partial charge in [0.1, 0.15) is 0 Å². The van der Waals surface area contributed by atoms with Gasteiger partial charge in [-0.2, -0.15) is 5.10 Å². The molecule has 0 aliphatic carbocycles. The molecule has 1 unspecified atom stereocenters. The Morgan fingerprint density at radius 2 is 2.28 bits per heavy atom. The van der Waals surface area contributed by atoms with Crippen molar-refractivity contribution in [2.24, 2.45) is 7.05 Å². The van der Waals surface area contributed by atoms with E-state index in [-0.39, 0.29) is 5.91 Å². The van der Waals surface area contributed by atoms with Gasteiger partial charge in [-0.25, -0.2) is 0 Å². The van der Waals surface area contributed by atoms with E-state index in [1.807, 2.05) is 19.0 Å². The average molecular weight is 251 g/mol. The maximum Gasteiger partial charge on any atom is 0.276 e. The molecule has 1 aliphatic heterocycles. The Hall–Kier alpha value is -1.56. The molecule has 100 valence electrons. The molecule has 1 saturated heterocycles. The van der Waals surface area contributed by atoms with Gasteiger partial charge in [0.2, 0.25) is 0 Å². The van der Waals surface area contributed by atoms with Gasteiger partial charge < -0.3 is 15.5 Å². The number of likely N-dealkylation sites (tertiary alicyclic amines) is 1. The summed E-state index contributed by atoms with van der Waals surface area (Å²) in [4.78, 5) is 16.4. The van der Waals surface area contributed by atoms with Crippen molar-refractivity contribution in [2.45, 2.75) is 18.9 Å². The van der Waals surface area contributed by atoms with E-state index < -0.39 is 0 Å². The van der Waals surface area contributed by atoms with Crippen LogP contribution >= 0.6 is 0 Å². The molecule has 0 bridgehead atoms. The number of nitrogens with two attached hydrogens (primary N) is 1. The summed E-state index contributed by atoms with van der Waals surface area (Å²) in [5.41, 5.74) is 6.63. The van der Waals surface area contributed by atoms with Gasteiger partial charge in [0, 0.05) is 32.4 Å². The minimum Gasteiger partial charge on any atom is -0.396 e. The van der Waals surface area contributed by atoms with Crippen molar-refractivity contribution in [2.75, 3.05) is 32.9 Å². The minimum atomic E-state index is -0.0559. The van der Waals surface area contributed by atoms with Crippen LogP contribution in [0, 0.1) is 0 Å². The second kappa shape index (κ2) is 4.97. The van der Waals surface area contributed by atoms with Crippen LogP contribution in [0.1, 0.15) is 23.3 Å². The van der Waals surface area contributed by atoms with Gasteiger partial charge in [-0.3, -0.25) is 9.48 Å². The SMILES string of the molecule is CN(C)C1CCCN(C(=O)c2nn(C)cc2N)C1. The van der Waals surface area contributed by atoms with E-state index in [9.17, 15) is 4.79 Å². The second-order valence-corrected chi connectivity index (χ2v) is 5.12. The van der Waals surface area contributed by atoms with Crippen molar-refractivity contribution in [3.05, 3.63) is 11.9 Å². The van der Waals surface area contributed by atoms with Crippen molar-refractivity contribution < 1.29 is 4.79 Å². The fourth-order valence-electron chi connectivity index (χ4n) is 2.38. The predicted octanol–water partition coefficient (Wildman–Crippen LogP) is 0.169. The van der Waals surface area contributed by atoms with Crippen LogP contribution in [0.2, 0.25) is 0 Å². The zero-order chi connectivity index (χ0) is 13.3. The Morgan fingerprint density at radius 1 is 1.56 bits per heavy atom. The van der Waals surface area contributed by atoms with Crippen LogP contribution in [0.3, 0.4) is 0 Å². The number of anilines is 1. The van der Waals surface area contributed by atoms with Crippen LogP contribution in [0.4, 0.5) is 5.69 Å². The lowest BCUT2D eigenvalue weighted by Gasteiger charge is -2.35. The summed E-state index contributed by atoms with van der Waals surface area (Å²) in [5.74, 6) is -0.0559. The first-order valence-electron chi connectivity index (χ1n) is 6.24. The van der Waals surface area contributed by atoms with E-state index in [4.69, 9.17) is 5.73 Å². The first-order chi connectivity index (χ1) is 8.49. The third-order valence-electron chi connectivity index (χ3n) is 3.47. The van der Waals surface area contributed by atoms with Crippen LogP contribution in [-0.4, -0.2) is 58.7 Å². The Morgan fingerprint density at radius 3 is 2.83 bits per heavy atom. The fraction of sp³-hybridized carbons (Fsp3) is 0.667. The van der Waals surface area contributed by atoms with Crippen LogP contribution < -0.4 is 5.73 Å². The maximum atomic E-state index is 12.4. The topological polar surface area (TPSA) is 67.4 Å². The molecular formula is C12H21N5O. The summed E-state index contributed by atoms with van der Waals surface area (Å²) in [5, 5.41) is 4.14. The average Bonchev–Trinajstić information content (AvgIpc) is 2.67. The molecule has 1 atom stereocenters. The van der Waals surface area contributed by atoms with Crippen molar-refractivity contribution in [3.63, 3.8) is 0 Å². The van der Waals surface area contributed by atoms with E-state index in [0.29, 0.717) is 17.4 Å². The van der Waals surface area contributed by atoms with Crippen LogP contribution in [0.5, 0.6) is 0 Å². The monoisotopic (exact) mass is 251 g/mol. The zero-order valence-corrected chi connectivity index (χ0v) is 11.3. The molecule has 6 heteroatoms. The smallest absolute Gasteiger partial charge is 0.276 e. The molecule has 0 spiro atoms. The van der Waals surface area contributed by atoms with Gasteiger partial charge in [-0.15, -0.1) is 0 Å². The molecule has 0 aromatic carbocycles. The highest BCUT2D eigenvalue weighted by Gasteiger charge is 2.27. The lowest BCUT2D eigenvalue weighted by Crippen LogP contribution is -2.47. The van der Waals surface area contributed by atoms with E-state index in [1.165, 1.54) is 0 Å². The number of piperidine rings is 1. The molecule has 1 amide bonds. The molecule has 1 fully saturated rings. The number of aryl methyl sites for hydroxylation is 1. The number of nitrogens with zero attached hydrogens (tertiary/aromatic N) is 4. The molecular weight excluding hydrogens is 230 g/mol. The Balaban J connectivity index is 2.11. The molecule has 1 aromatic heterocycles. The van der Waals surface area contributed by atoms with Gasteiger partial charge in [-0.1, -0.05) is 0 Å². The maximum absolute atomic E-state index is 12.4. The number of rotatable bonds is 2. The molecule has 2 rings (SSSR count). The molecule has 0 radical (unpaired) electrons. The quantitative estimate of drug-likeness (QED) is 0.813. The highest BCUT2D eigenvalue weighted by Crippen LogP contribution is 2.18. The number of amides is 1. The Bertz CT molecular complexity index is 440. The lowest BCUT2D eigenvalue weighted by atomic mass is 10.0. The van der Waals surface area contributed by atoms with Crippen LogP contribution in [-0.2, 0) is 7.05 Å². The van der Waals surface area contributed by atoms with E-state index in [1.54, 1.807) is 17.9 Å². The van der Waals surface area contributed by atoms with Crippen molar-refractivity contribution >= 4 is 11.6 Å². The highest BCUT2D eigenvalue weighted by molar-refractivity contribution is 5.97. The third kappa shape index (κ3) is 2.48. The number of likely N-dealkylation sites (N-methyl/N-ethyl adjacent to an activating group) is 1. The predicted molar refractivity (Wildman–Crippen MR) is 70.2 cm³/mol. The third-order valence-corrected chi connectivity index (χ3v) is 3.47. The Kier molecular flexibility index (Phi) is 3.56. The first-order valence-corrected chi connectivity index (χ1v) is 6.24. The van der Waals surface area contributed by atoms with Gasteiger partial charge in [0.15, 0.2) is 5.69 Å². The minimum absolute atomic E-state index is 0.0559. The zero-order valence-electron chi connectivity index (χ0n) is 11.3. The number of carbonyl (C=O) groups excluding carboxylic acids is 1. The fourth-order valence-corrected chi connectivity index (χ4v) is 2.38. The molecule has 0 saturated carbocycles. The normalized spacial score (nSPS) is 20.4. The summed E-state index contributed by atoms with van der Waals surface area (Å²) in [7, 11) is 5.87. The number of carbonyl (C=O) groups is 1. The van der Waals surface area contributed by atoms with Gasteiger partial charge >= 0.3 is 0 Å². The highest BCUT2D eigenvalue weighted by atomic mass is 16.2.